The largest absolute Gasteiger partial charge is 0.310 e. The number of rotatable bonds is 7. The van der Waals surface area contributed by atoms with Gasteiger partial charge in [-0.05, 0) is 43.9 Å². The first-order valence-electron chi connectivity index (χ1n) is 7.25. The van der Waals surface area contributed by atoms with Crippen molar-refractivity contribution < 1.29 is 8.42 Å². The Hall–Kier alpha value is -0.910. The van der Waals surface area contributed by atoms with Gasteiger partial charge in [-0.2, -0.15) is 4.31 Å². The van der Waals surface area contributed by atoms with Crippen molar-refractivity contribution in [1.29, 1.82) is 0 Å². The summed E-state index contributed by atoms with van der Waals surface area (Å²) < 4.78 is 26.5. The van der Waals surface area contributed by atoms with Crippen molar-refractivity contribution >= 4 is 10.0 Å². The lowest BCUT2D eigenvalue weighted by Crippen LogP contribution is -2.34. The van der Waals surface area contributed by atoms with Gasteiger partial charge in [0.05, 0.1) is 4.90 Å². The summed E-state index contributed by atoms with van der Waals surface area (Å²) in [5, 5.41) is 3.41. The minimum Gasteiger partial charge on any atom is -0.310 e. The number of hydrogen-bond acceptors (Lipinski definition) is 3. The first kappa shape index (κ1) is 15.5. The molecule has 0 aliphatic heterocycles. The highest BCUT2D eigenvalue weighted by atomic mass is 32.2. The van der Waals surface area contributed by atoms with E-state index in [4.69, 9.17) is 0 Å². The molecular weight excluding hydrogens is 272 g/mol. The summed E-state index contributed by atoms with van der Waals surface area (Å²) in [6.07, 6.45) is 3.27. The van der Waals surface area contributed by atoms with Crippen LogP contribution in [0.4, 0.5) is 0 Å². The molecule has 4 nitrogen and oxygen atoms in total. The molecule has 0 bridgehead atoms. The van der Waals surface area contributed by atoms with E-state index in [0.717, 1.165) is 18.5 Å². The third-order valence-electron chi connectivity index (χ3n) is 3.96. The second-order valence-corrected chi connectivity index (χ2v) is 7.58. The minimum absolute atomic E-state index is 0.00763. The number of nitrogens with one attached hydrogen (secondary N) is 1. The van der Waals surface area contributed by atoms with Crippen LogP contribution in [0.3, 0.4) is 0 Å². The fraction of sp³-hybridized carbons (Fsp3) is 0.600. The van der Waals surface area contributed by atoms with Gasteiger partial charge in [0.2, 0.25) is 10.0 Å². The Morgan fingerprint density at radius 2 is 2.10 bits per heavy atom. The van der Waals surface area contributed by atoms with Gasteiger partial charge in [0.25, 0.3) is 0 Å². The molecule has 0 spiro atoms. The van der Waals surface area contributed by atoms with Crippen molar-refractivity contribution in [2.75, 3.05) is 7.05 Å². The maximum atomic E-state index is 12.5. The number of hydrogen-bond donors (Lipinski definition) is 1. The molecule has 0 heterocycles. The average Bonchev–Trinajstić information content (AvgIpc) is 3.28. The predicted molar refractivity (Wildman–Crippen MR) is 81.0 cm³/mol. The van der Waals surface area contributed by atoms with Crippen molar-refractivity contribution in [1.82, 2.24) is 9.62 Å². The topological polar surface area (TPSA) is 49.4 Å². The van der Waals surface area contributed by atoms with Crippen LogP contribution in [-0.4, -0.2) is 31.9 Å². The van der Waals surface area contributed by atoms with Gasteiger partial charge in [-0.15, -0.1) is 0 Å². The van der Waals surface area contributed by atoms with Crippen molar-refractivity contribution in [3.8, 4) is 0 Å². The summed E-state index contributed by atoms with van der Waals surface area (Å²) in [7, 11) is -1.74. The molecule has 0 saturated heterocycles. The molecule has 1 atom stereocenters. The Morgan fingerprint density at radius 1 is 1.40 bits per heavy atom. The van der Waals surface area contributed by atoms with Crippen LogP contribution in [0, 0.1) is 0 Å². The average molecular weight is 296 g/mol. The summed E-state index contributed by atoms with van der Waals surface area (Å²) in [5.74, 6) is 0. The quantitative estimate of drug-likeness (QED) is 0.840. The van der Waals surface area contributed by atoms with Gasteiger partial charge in [0, 0.05) is 25.7 Å². The Morgan fingerprint density at radius 3 is 2.70 bits per heavy atom. The Labute approximate surface area is 122 Å². The fourth-order valence-corrected chi connectivity index (χ4v) is 3.53. The lowest BCUT2D eigenvalue weighted by molar-refractivity contribution is 0.380. The zero-order valence-corrected chi connectivity index (χ0v) is 13.3. The molecule has 112 valence electrons. The highest BCUT2D eigenvalue weighted by molar-refractivity contribution is 7.89. The Balaban J connectivity index is 2.15. The monoisotopic (exact) mass is 296 g/mol. The normalized spacial score (nSPS) is 17.4. The molecule has 1 aliphatic rings. The zero-order chi connectivity index (χ0) is 14.8. The molecule has 1 aromatic carbocycles. The van der Waals surface area contributed by atoms with E-state index < -0.39 is 10.0 Å². The SMILES string of the molecule is CCC(C)N(C)S(=O)(=O)c1cccc(CNC2CC2)c1. The molecular formula is C15H24N2O2S. The van der Waals surface area contributed by atoms with E-state index in [9.17, 15) is 8.42 Å². The van der Waals surface area contributed by atoms with E-state index in [2.05, 4.69) is 5.32 Å². The molecule has 1 unspecified atom stereocenters. The van der Waals surface area contributed by atoms with Crippen LogP contribution in [-0.2, 0) is 16.6 Å². The van der Waals surface area contributed by atoms with E-state index in [1.54, 1.807) is 19.2 Å². The third-order valence-corrected chi connectivity index (χ3v) is 5.93. The first-order chi connectivity index (χ1) is 9.45. The summed E-state index contributed by atoms with van der Waals surface area (Å²) in [5.41, 5.74) is 1.02. The highest BCUT2D eigenvalue weighted by Gasteiger charge is 2.25. The second-order valence-electron chi connectivity index (χ2n) is 5.58. The highest BCUT2D eigenvalue weighted by Crippen LogP contribution is 2.21. The van der Waals surface area contributed by atoms with Crippen molar-refractivity contribution in [3.63, 3.8) is 0 Å². The third kappa shape index (κ3) is 3.59. The van der Waals surface area contributed by atoms with Gasteiger partial charge in [0.1, 0.15) is 0 Å². The van der Waals surface area contributed by atoms with E-state index in [0.29, 0.717) is 10.9 Å². The van der Waals surface area contributed by atoms with Crippen LogP contribution >= 0.6 is 0 Å². The van der Waals surface area contributed by atoms with Crippen LogP contribution < -0.4 is 5.32 Å². The number of benzene rings is 1. The van der Waals surface area contributed by atoms with Crippen LogP contribution in [0.25, 0.3) is 0 Å². The van der Waals surface area contributed by atoms with Crippen molar-refractivity contribution in [2.24, 2.45) is 0 Å². The molecule has 5 heteroatoms. The van der Waals surface area contributed by atoms with Crippen LogP contribution in [0.2, 0.25) is 0 Å². The molecule has 2 rings (SSSR count). The lowest BCUT2D eigenvalue weighted by atomic mass is 10.2. The Bertz CT molecular complexity index is 553. The predicted octanol–water partition coefficient (Wildman–Crippen LogP) is 2.36. The molecule has 0 amide bonds. The fourth-order valence-electron chi connectivity index (χ4n) is 2.03. The van der Waals surface area contributed by atoms with E-state index >= 15 is 0 Å². The van der Waals surface area contributed by atoms with Crippen molar-refractivity contribution in [3.05, 3.63) is 29.8 Å². The minimum atomic E-state index is -3.39. The number of sulfonamides is 1. The van der Waals surface area contributed by atoms with Gasteiger partial charge in [-0.1, -0.05) is 19.1 Å². The van der Waals surface area contributed by atoms with E-state index in [1.807, 2.05) is 26.0 Å². The summed E-state index contributed by atoms with van der Waals surface area (Å²) in [6, 6.07) is 7.88. The standard InChI is InChI=1S/C15H24N2O2S/c1-4-12(2)17(3)20(18,19)15-7-5-6-13(10-15)11-16-14-8-9-14/h5-7,10,12,14,16H,4,8-9,11H2,1-3H3. The molecule has 1 N–H and O–H groups in total. The number of nitrogens with zero attached hydrogens (tertiary/aromatic N) is 1. The van der Waals surface area contributed by atoms with Gasteiger partial charge >= 0.3 is 0 Å². The first-order valence-corrected chi connectivity index (χ1v) is 8.69. The molecule has 1 saturated carbocycles. The molecule has 0 aromatic heterocycles. The van der Waals surface area contributed by atoms with E-state index in [-0.39, 0.29) is 6.04 Å². The van der Waals surface area contributed by atoms with Gasteiger partial charge < -0.3 is 5.32 Å². The van der Waals surface area contributed by atoms with Crippen LogP contribution in [0.1, 0.15) is 38.7 Å². The van der Waals surface area contributed by atoms with Crippen molar-refractivity contribution in [2.45, 2.75) is 56.6 Å². The molecule has 1 fully saturated rings. The van der Waals surface area contributed by atoms with E-state index in [1.165, 1.54) is 17.1 Å². The molecule has 0 radical (unpaired) electrons. The molecule has 20 heavy (non-hydrogen) atoms. The molecule has 1 aliphatic carbocycles. The summed E-state index contributed by atoms with van der Waals surface area (Å²) in [4.78, 5) is 0.385. The second kappa shape index (κ2) is 6.24. The maximum absolute atomic E-state index is 12.5. The van der Waals surface area contributed by atoms with Crippen LogP contribution in [0.5, 0.6) is 0 Å². The maximum Gasteiger partial charge on any atom is 0.243 e. The van der Waals surface area contributed by atoms with Gasteiger partial charge in [0.15, 0.2) is 0 Å². The molecule has 1 aromatic rings. The van der Waals surface area contributed by atoms with Gasteiger partial charge in [-0.25, -0.2) is 8.42 Å². The lowest BCUT2D eigenvalue weighted by Gasteiger charge is -2.23. The summed E-state index contributed by atoms with van der Waals surface area (Å²) >= 11 is 0. The van der Waals surface area contributed by atoms with Gasteiger partial charge in [-0.3, -0.25) is 0 Å². The zero-order valence-electron chi connectivity index (χ0n) is 12.5. The van der Waals surface area contributed by atoms with Crippen LogP contribution in [0.15, 0.2) is 29.2 Å². The smallest absolute Gasteiger partial charge is 0.243 e. The summed E-state index contributed by atoms with van der Waals surface area (Å²) in [6.45, 7) is 4.66. The Kier molecular flexibility index (Phi) is 4.83.